The summed E-state index contributed by atoms with van der Waals surface area (Å²) in [6.07, 6.45) is 2.44. The zero-order chi connectivity index (χ0) is 12.5. The number of carbonyl (C=O) groups excluding carboxylic acids is 1. The van der Waals surface area contributed by atoms with E-state index in [1.165, 1.54) is 5.56 Å². The number of nitrogens with two attached hydrogens (primary N) is 1. The number of hydrogen-bond donors (Lipinski definition) is 2. The Bertz CT molecular complexity index is 429. The van der Waals surface area contributed by atoms with Gasteiger partial charge in [0.15, 0.2) is 0 Å². The van der Waals surface area contributed by atoms with Crippen molar-refractivity contribution < 1.29 is 4.79 Å². The van der Waals surface area contributed by atoms with E-state index < -0.39 is 5.54 Å². The first-order chi connectivity index (χ1) is 7.99. The van der Waals surface area contributed by atoms with Crippen LogP contribution in [0.3, 0.4) is 0 Å². The Morgan fingerprint density at radius 3 is 2.88 bits per heavy atom. The van der Waals surface area contributed by atoms with Gasteiger partial charge in [-0.1, -0.05) is 28.1 Å². The van der Waals surface area contributed by atoms with E-state index in [4.69, 9.17) is 5.73 Å². The lowest BCUT2D eigenvalue weighted by Gasteiger charge is -2.17. The van der Waals surface area contributed by atoms with Crippen molar-refractivity contribution in [3.8, 4) is 0 Å². The van der Waals surface area contributed by atoms with E-state index in [1.807, 2.05) is 19.1 Å². The molecular formula is C13H17BrN2O. The van der Waals surface area contributed by atoms with Crippen LogP contribution in [-0.2, 0) is 11.2 Å². The van der Waals surface area contributed by atoms with E-state index in [-0.39, 0.29) is 11.9 Å². The zero-order valence-electron chi connectivity index (χ0n) is 9.87. The topological polar surface area (TPSA) is 55.1 Å². The van der Waals surface area contributed by atoms with Crippen molar-refractivity contribution in [3.05, 3.63) is 34.3 Å². The molecule has 92 valence electrons. The number of nitrogens with one attached hydrogen (secondary N) is 1. The Balaban J connectivity index is 1.89. The van der Waals surface area contributed by atoms with Gasteiger partial charge in [0, 0.05) is 10.5 Å². The van der Waals surface area contributed by atoms with Crippen molar-refractivity contribution in [1.29, 1.82) is 0 Å². The predicted octanol–water partition coefficient (Wildman–Crippen LogP) is 1.99. The fraction of sp³-hybridized carbons (Fsp3) is 0.462. The van der Waals surface area contributed by atoms with Crippen LogP contribution in [0.25, 0.3) is 0 Å². The number of carbonyl (C=O) groups is 1. The van der Waals surface area contributed by atoms with Crippen LogP contribution in [0.15, 0.2) is 28.7 Å². The summed E-state index contributed by atoms with van der Waals surface area (Å²) in [5.74, 6) is -0.0139. The van der Waals surface area contributed by atoms with Crippen LogP contribution in [0, 0.1) is 0 Å². The molecule has 1 aromatic carbocycles. The summed E-state index contributed by atoms with van der Waals surface area (Å²) in [5, 5.41) is 2.97. The molecule has 1 fully saturated rings. The summed E-state index contributed by atoms with van der Waals surface area (Å²) >= 11 is 3.44. The number of hydrogen-bond acceptors (Lipinski definition) is 2. The van der Waals surface area contributed by atoms with Crippen LogP contribution in [0.2, 0.25) is 0 Å². The molecule has 1 aliphatic rings. The van der Waals surface area contributed by atoms with E-state index >= 15 is 0 Å². The summed E-state index contributed by atoms with van der Waals surface area (Å²) in [5.41, 5.74) is 6.46. The van der Waals surface area contributed by atoms with Crippen molar-refractivity contribution in [2.24, 2.45) is 5.73 Å². The molecule has 1 saturated carbocycles. The summed E-state index contributed by atoms with van der Waals surface area (Å²) < 4.78 is 1.06. The molecule has 0 aliphatic heterocycles. The highest BCUT2D eigenvalue weighted by atomic mass is 79.9. The summed E-state index contributed by atoms with van der Waals surface area (Å²) in [4.78, 5) is 11.7. The highest BCUT2D eigenvalue weighted by molar-refractivity contribution is 9.10. The van der Waals surface area contributed by atoms with Crippen LogP contribution < -0.4 is 11.1 Å². The number of halogens is 1. The van der Waals surface area contributed by atoms with Crippen LogP contribution in [0.5, 0.6) is 0 Å². The lowest BCUT2D eigenvalue weighted by Crippen LogP contribution is -2.46. The molecule has 1 unspecified atom stereocenters. The molecular weight excluding hydrogens is 280 g/mol. The Morgan fingerprint density at radius 2 is 2.29 bits per heavy atom. The van der Waals surface area contributed by atoms with E-state index in [0.29, 0.717) is 0 Å². The number of benzene rings is 1. The third-order valence-corrected chi connectivity index (χ3v) is 3.54. The lowest BCUT2D eigenvalue weighted by atomic mass is 10.1. The molecule has 3 N–H and O–H groups in total. The SMILES string of the molecule is CC(Cc1cccc(Br)c1)NC(=O)C1(N)CC1. The molecule has 3 nitrogen and oxygen atoms in total. The minimum Gasteiger partial charge on any atom is -0.352 e. The molecule has 1 atom stereocenters. The molecule has 1 aromatic rings. The molecule has 0 radical (unpaired) electrons. The number of rotatable bonds is 4. The van der Waals surface area contributed by atoms with E-state index in [2.05, 4.69) is 33.4 Å². The number of amides is 1. The first-order valence-electron chi connectivity index (χ1n) is 5.84. The van der Waals surface area contributed by atoms with E-state index in [1.54, 1.807) is 0 Å². The summed E-state index contributed by atoms with van der Waals surface area (Å²) in [6.45, 7) is 2.00. The van der Waals surface area contributed by atoms with Gasteiger partial charge in [0.25, 0.3) is 0 Å². The zero-order valence-corrected chi connectivity index (χ0v) is 11.5. The highest BCUT2D eigenvalue weighted by Crippen LogP contribution is 2.32. The first kappa shape index (κ1) is 12.6. The van der Waals surface area contributed by atoms with Crippen LogP contribution >= 0.6 is 15.9 Å². The molecule has 1 amide bonds. The molecule has 0 heterocycles. The minimum absolute atomic E-state index is 0.0139. The average molecular weight is 297 g/mol. The van der Waals surface area contributed by atoms with Gasteiger partial charge in [-0.25, -0.2) is 0 Å². The second kappa shape index (κ2) is 4.78. The summed E-state index contributed by atoms with van der Waals surface area (Å²) in [6, 6.07) is 8.23. The van der Waals surface area contributed by atoms with Crippen molar-refractivity contribution in [2.45, 2.75) is 37.8 Å². The quantitative estimate of drug-likeness (QED) is 0.893. The van der Waals surface area contributed by atoms with Gasteiger partial charge in [-0.15, -0.1) is 0 Å². The van der Waals surface area contributed by atoms with Crippen LogP contribution in [-0.4, -0.2) is 17.5 Å². The monoisotopic (exact) mass is 296 g/mol. The maximum atomic E-state index is 11.7. The van der Waals surface area contributed by atoms with Crippen LogP contribution in [0.1, 0.15) is 25.3 Å². The molecule has 0 bridgehead atoms. The summed E-state index contributed by atoms with van der Waals surface area (Å²) in [7, 11) is 0. The first-order valence-corrected chi connectivity index (χ1v) is 6.63. The average Bonchev–Trinajstić information content (AvgIpc) is 2.97. The van der Waals surface area contributed by atoms with Gasteiger partial charge in [0.2, 0.25) is 5.91 Å². The molecule has 0 aromatic heterocycles. The van der Waals surface area contributed by atoms with Gasteiger partial charge in [-0.05, 0) is 43.9 Å². The van der Waals surface area contributed by atoms with Crippen molar-refractivity contribution in [1.82, 2.24) is 5.32 Å². The van der Waals surface area contributed by atoms with Gasteiger partial charge in [-0.3, -0.25) is 4.79 Å². The van der Waals surface area contributed by atoms with E-state index in [0.717, 1.165) is 23.7 Å². The maximum absolute atomic E-state index is 11.7. The second-order valence-corrected chi connectivity index (χ2v) is 5.78. The Kier molecular flexibility index (Phi) is 3.54. The van der Waals surface area contributed by atoms with Gasteiger partial charge in [0.1, 0.15) is 0 Å². The lowest BCUT2D eigenvalue weighted by molar-refractivity contribution is -0.123. The van der Waals surface area contributed by atoms with Gasteiger partial charge in [0.05, 0.1) is 5.54 Å². The predicted molar refractivity (Wildman–Crippen MR) is 71.6 cm³/mol. The largest absolute Gasteiger partial charge is 0.352 e. The third kappa shape index (κ3) is 3.30. The molecule has 17 heavy (non-hydrogen) atoms. The highest BCUT2D eigenvalue weighted by Gasteiger charge is 2.46. The Labute approximate surface area is 110 Å². The van der Waals surface area contributed by atoms with Crippen LogP contribution in [0.4, 0.5) is 0 Å². The maximum Gasteiger partial charge on any atom is 0.240 e. The standard InChI is InChI=1S/C13H17BrN2O/c1-9(16-12(17)13(15)5-6-13)7-10-3-2-4-11(14)8-10/h2-4,8-9H,5-7,15H2,1H3,(H,16,17). The normalized spacial score (nSPS) is 18.5. The Morgan fingerprint density at radius 1 is 1.59 bits per heavy atom. The third-order valence-electron chi connectivity index (χ3n) is 3.05. The molecule has 1 aliphatic carbocycles. The fourth-order valence-electron chi connectivity index (χ4n) is 1.80. The van der Waals surface area contributed by atoms with E-state index in [9.17, 15) is 4.79 Å². The molecule has 2 rings (SSSR count). The molecule has 0 saturated heterocycles. The van der Waals surface area contributed by atoms with Gasteiger partial charge >= 0.3 is 0 Å². The molecule has 4 heteroatoms. The van der Waals surface area contributed by atoms with Crippen molar-refractivity contribution in [2.75, 3.05) is 0 Å². The van der Waals surface area contributed by atoms with Gasteiger partial charge < -0.3 is 11.1 Å². The van der Waals surface area contributed by atoms with Crippen molar-refractivity contribution in [3.63, 3.8) is 0 Å². The van der Waals surface area contributed by atoms with Gasteiger partial charge in [-0.2, -0.15) is 0 Å². The minimum atomic E-state index is -0.578. The smallest absolute Gasteiger partial charge is 0.240 e. The fourth-order valence-corrected chi connectivity index (χ4v) is 2.24. The van der Waals surface area contributed by atoms with Crippen molar-refractivity contribution >= 4 is 21.8 Å². The second-order valence-electron chi connectivity index (χ2n) is 4.86. The molecule has 0 spiro atoms. The Hall–Kier alpha value is -0.870.